The molecule has 0 saturated heterocycles. The van der Waals surface area contributed by atoms with Crippen LogP contribution in [0.4, 0.5) is 0 Å². The van der Waals surface area contributed by atoms with Crippen LogP contribution in [0.25, 0.3) is 0 Å². The fourth-order valence-corrected chi connectivity index (χ4v) is 3.17. The van der Waals surface area contributed by atoms with Crippen LogP contribution in [0.3, 0.4) is 0 Å². The third kappa shape index (κ3) is 5.06. The number of hydrogen-bond donors (Lipinski definition) is 1. The summed E-state index contributed by atoms with van der Waals surface area (Å²) in [6.45, 7) is 3.21. The number of methoxy groups -OCH3 is 2. The molecule has 29 heavy (non-hydrogen) atoms. The molecule has 154 valence electrons. The first-order valence-corrected chi connectivity index (χ1v) is 9.49. The van der Waals surface area contributed by atoms with Crippen LogP contribution in [-0.4, -0.2) is 50.7 Å². The lowest BCUT2D eigenvalue weighted by atomic mass is 10.1. The predicted octanol–water partition coefficient (Wildman–Crippen LogP) is 2.55. The molecule has 1 aliphatic heterocycles. The highest BCUT2D eigenvalue weighted by molar-refractivity contribution is 5.95. The molecule has 2 aromatic carbocycles. The second kappa shape index (κ2) is 9.43. The van der Waals surface area contributed by atoms with Gasteiger partial charge in [-0.15, -0.1) is 0 Å². The zero-order valence-electron chi connectivity index (χ0n) is 16.9. The lowest BCUT2D eigenvalue weighted by Crippen LogP contribution is -2.34. The van der Waals surface area contributed by atoms with Crippen molar-refractivity contribution in [2.45, 2.75) is 19.5 Å². The number of amides is 2. The van der Waals surface area contributed by atoms with Crippen LogP contribution < -0.4 is 14.8 Å². The first-order valence-electron chi connectivity index (χ1n) is 9.49. The summed E-state index contributed by atoms with van der Waals surface area (Å²) in [5.41, 5.74) is 2.30. The van der Waals surface area contributed by atoms with E-state index in [9.17, 15) is 9.59 Å². The average Bonchev–Trinajstić information content (AvgIpc) is 2.90. The van der Waals surface area contributed by atoms with E-state index < -0.39 is 0 Å². The van der Waals surface area contributed by atoms with Crippen molar-refractivity contribution in [3.63, 3.8) is 0 Å². The van der Waals surface area contributed by atoms with Crippen molar-refractivity contribution in [1.29, 1.82) is 0 Å². The molecule has 0 spiro atoms. The molecule has 2 aromatic rings. The maximum atomic E-state index is 12.8. The van der Waals surface area contributed by atoms with Crippen LogP contribution in [0, 0.1) is 0 Å². The maximum absolute atomic E-state index is 12.8. The van der Waals surface area contributed by atoms with Crippen LogP contribution in [0.2, 0.25) is 0 Å². The molecule has 1 aliphatic rings. The minimum absolute atomic E-state index is 0.0171. The molecule has 3 rings (SSSR count). The highest BCUT2D eigenvalue weighted by atomic mass is 16.5. The van der Waals surface area contributed by atoms with E-state index in [2.05, 4.69) is 5.32 Å². The van der Waals surface area contributed by atoms with E-state index >= 15 is 0 Å². The number of hydrogen-bond acceptors (Lipinski definition) is 5. The number of fused-ring (bicyclic) bond motifs is 1. The van der Waals surface area contributed by atoms with Crippen LogP contribution in [0.1, 0.15) is 34.5 Å². The van der Waals surface area contributed by atoms with E-state index in [1.54, 1.807) is 37.3 Å². The topological polar surface area (TPSA) is 77.1 Å². The van der Waals surface area contributed by atoms with Gasteiger partial charge in [-0.1, -0.05) is 12.1 Å². The van der Waals surface area contributed by atoms with Gasteiger partial charge in [0.2, 0.25) is 0 Å². The minimum atomic E-state index is -0.185. The highest BCUT2D eigenvalue weighted by Crippen LogP contribution is 2.25. The van der Waals surface area contributed by atoms with Gasteiger partial charge in [0.05, 0.1) is 19.8 Å². The Labute approximate surface area is 170 Å². The molecule has 1 atom stereocenters. The first-order chi connectivity index (χ1) is 14.0. The van der Waals surface area contributed by atoms with Crippen molar-refractivity contribution in [1.82, 2.24) is 10.2 Å². The SMILES string of the molecule is COCCN1Cc2cc(C(=O)N[C@@H](C)c3ccc(OC)cc3)ccc2OCC1=O. The number of nitrogens with zero attached hydrogens (tertiary/aromatic N) is 1. The Morgan fingerprint density at radius 2 is 1.97 bits per heavy atom. The molecule has 0 unspecified atom stereocenters. The zero-order chi connectivity index (χ0) is 20.8. The molecular weight excluding hydrogens is 372 g/mol. The molecule has 0 aliphatic carbocycles. The second-order valence-electron chi connectivity index (χ2n) is 6.89. The Bertz CT molecular complexity index is 866. The molecule has 2 amide bonds. The summed E-state index contributed by atoms with van der Waals surface area (Å²) in [4.78, 5) is 26.7. The van der Waals surface area contributed by atoms with Gasteiger partial charge in [-0.05, 0) is 42.8 Å². The summed E-state index contributed by atoms with van der Waals surface area (Å²) < 4.78 is 15.8. The molecule has 0 radical (unpaired) electrons. The molecule has 7 nitrogen and oxygen atoms in total. The van der Waals surface area contributed by atoms with Crippen LogP contribution in [0.5, 0.6) is 11.5 Å². The standard InChI is InChI=1S/C22H26N2O5/c1-15(16-4-7-19(28-3)8-5-16)23-22(26)17-6-9-20-18(12-17)13-24(10-11-27-2)21(25)14-29-20/h4-9,12,15H,10-11,13-14H2,1-3H3,(H,23,26)/t15-/m0/s1. The Kier molecular flexibility index (Phi) is 6.72. The van der Waals surface area contributed by atoms with E-state index in [1.807, 2.05) is 31.2 Å². The lowest BCUT2D eigenvalue weighted by Gasteiger charge is -2.19. The molecule has 1 heterocycles. The third-order valence-electron chi connectivity index (χ3n) is 4.92. The summed E-state index contributed by atoms with van der Waals surface area (Å²) >= 11 is 0. The summed E-state index contributed by atoms with van der Waals surface area (Å²) in [5.74, 6) is 1.11. The number of rotatable bonds is 7. The number of nitrogens with one attached hydrogen (secondary N) is 1. The average molecular weight is 398 g/mol. The van der Waals surface area contributed by atoms with Crippen molar-refractivity contribution >= 4 is 11.8 Å². The van der Waals surface area contributed by atoms with Gasteiger partial charge >= 0.3 is 0 Å². The molecule has 1 N–H and O–H groups in total. The Hall–Kier alpha value is -3.06. The second-order valence-corrected chi connectivity index (χ2v) is 6.89. The van der Waals surface area contributed by atoms with Crippen molar-refractivity contribution in [2.24, 2.45) is 0 Å². The first kappa shape index (κ1) is 20.7. The quantitative estimate of drug-likeness (QED) is 0.776. The molecule has 0 fully saturated rings. The highest BCUT2D eigenvalue weighted by Gasteiger charge is 2.22. The molecule has 0 saturated carbocycles. The Balaban J connectivity index is 1.72. The van der Waals surface area contributed by atoms with E-state index in [-0.39, 0.29) is 24.5 Å². The van der Waals surface area contributed by atoms with Gasteiger partial charge in [-0.2, -0.15) is 0 Å². The predicted molar refractivity (Wildman–Crippen MR) is 108 cm³/mol. The minimum Gasteiger partial charge on any atom is -0.497 e. The number of carbonyl (C=O) groups excluding carboxylic acids is 2. The number of carbonyl (C=O) groups is 2. The summed E-state index contributed by atoms with van der Waals surface area (Å²) in [6, 6.07) is 12.7. The summed E-state index contributed by atoms with van der Waals surface area (Å²) in [6.07, 6.45) is 0. The Morgan fingerprint density at radius 1 is 1.21 bits per heavy atom. The molecular formula is C22H26N2O5. The van der Waals surface area contributed by atoms with Gasteiger partial charge < -0.3 is 24.4 Å². The van der Waals surface area contributed by atoms with Crippen molar-refractivity contribution in [3.8, 4) is 11.5 Å². The molecule has 0 bridgehead atoms. The maximum Gasteiger partial charge on any atom is 0.260 e. The smallest absolute Gasteiger partial charge is 0.260 e. The van der Waals surface area contributed by atoms with Crippen molar-refractivity contribution < 1.29 is 23.8 Å². The monoisotopic (exact) mass is 398 g/mol. The molecule has 7 heteroatoms. The largest absolute Gasteiger partial charge is 0.497 e. The fraction of sp³-hybridized carbons (Fsp3) is 0.364. The van der Waals surface area contributed by atoms with Gasteiger partial charge in [-0.25, -0.2) is 0 Å². The lowest BCUT2D eigenvalue weighted by molar-refractivity contribution is -0.133. The molecule has 0 aromatic heterocycles. The van der Waals surface area contributed by atoms with Crippen LogP contribution in [-0.2, 0) is 16.1 Å². The zero-order valence-corrected chi connectivity index (χ0v) is 16.9. The van der Waals surface area contributed by atoms with Crippen LogP contribution >= 0.6 is 0 Å². The summed E-state index contributed by atoms with van der Waals surface area (Å²) in [5, 5.41) is 3.01. The third-order valence-corrected chi connectivity index (χ3v) is 4.92. The number of benzene rings is 2. The fourth-order valence-electron chi connectivity index (χ4n) is 3.17. The van der Waals surface area contributed by atoms with Gasteiger partial charge in [0.1, 0.15) is 11.5 Å². The van der Waals surface area contributed by atoms with Gasteiger partial charge in [0.25, 0.3) is 11.8 Å². The van der Waals surface area contributed by atoms with Gasteiger partial charge in [-0.3, -0.25) is 9.59 Å². The van der Waals surface area contributed by atoms with E-state index in [4.69, 9.17) is 14.2 Å². The van der Waals surface area contributed by atoms with Gasteiger partial charge in [0.15, 0.2) is 6.61 Å². The van der Waals surface area contributed by atoms with Crippen molar-refractivity contribution in [3.05, 3.63) is 59.2 Å². The van der Waals surface area contributed by atoms with Crippen LogP contribution in [0.15, 0.2) is 42.5 Å². The van der Waals surface area contributed by atoms with Crippen molar-refractivity contribution in [2.75, 3.05) is 34.0 Å². The van der Waals surface area contributed by atoms with E-state index in [0.29, 0.717) is 31.0 Å². The Morgan fingerprint density at radius 3 is 2.66 bits per heavy atom. The number of ether oxygens (including phenoxy) is 3. The van der Waals surface area contributed by atoms with Gasteiger partial charge in [0, 0.05) is 31.3 Å². The van der Waals surface area contributed by atoms with E-state index in [0.717, 1.165) is 16.9 Å². The normalized spacial score (nSPS) is 14.4. The van der Waals surface area contributed by atoms with E-state index in [1.165, 1.54) is 0 Å². The summed E-state index contributed by atoms with van der Waals surface area (Å²) in [7, 11) is 3.21.